The molecule has 5 N–H and O–H groups in total. The van der Waals surface area contributed by atoms with Gasteiger partial charge in [0.15, 0.2) is 0 Å². The quantitative estimate of drug-likeness (QED) is 0.622. The fourth-order valence-electron chi connectivity index (χ4n) is 1.42. The third-order valence-corrected chi connectivity index (χ3v) is 2.40. The van der Waals surface area contributed by atoms with Crippen molar-refractivity contribution in [3.63, 3.8) is 0 Å². The summed E-state index contributed by atoms with van der Waals surface area (Å²) >= 11 is 0. The van der Waals surface area contributed by atoms with Crippen LogP contribution < -0.4 is 11.3 Å². The summed E-state index contributed by atoms with van der Waals surface area (Å²) in [5, 5.41) is 19.0. The highest BCUT2D eigenvalue weighted by Crippen LogP contribution is 2.29. The second-order valence-corrected chi connectivity index (χ2v) is 3.76. The summed E-state index contributed by atoms with van der Waals surface area (Å²) < 4.78 is 37.3. The summed E-state index contributed by atoms with van der Waals surface area (Å²) in [4.78, 5) is 13.2. The van der Waals surface area contributed by atoms with E-state index >= 15 is 0 Å². The Bertz CT molecular complexity index is 458. The van der Waals surface area contributed by atoms with E-state index in [1.165, 1.54) is 0 Å². The average molecular weight is 266 g/mol. The molecule has 1 aromatic heterocycles. The molecule has 0 aliphatic heterocycles. The van der Waals surface area contributed by atoms with Crippen LogP contribution in [0.3, 0.4) is 0 Å². The van der Waals surface area contributed by atoms with Gasteiger partial charge in [0.25, 0.3) is 5.56 Å². The molecular formula is C10H13F3N2O3. The molecule has 0 fully saturated rings. The van der Waals surface area contributed by atoms with Gasteiger partial charge in [-0.2, -0.15) is 13.2 Å². The van der Waals surface area contributed by atoms with Gasteiger partial charge in [-0.05, 0) is 19.0 Å². The largest absolute Gasteiger partial charge is 0.417 e. The Kier molecular flexibility index (Phi) is 4.49. The average Bonchev–Trinajstić information content (AvgIpc) is 2.27. The van der Waals surface area contributed by atoms with Crippen LogP contribution in [0.15, 0.2) is 17.1 Å². The van der Waals surface area contributed by atoms with Crippen molar-refractivity contribution in [2.24, 2.45) is 5.73 Å². The molecule has 8 heteroatoms. The van der Waals surface area contributed by atoms with Gasteiger partial charge in [0.1, 0.15) is 6.10 Å². The van der Waals surface area contributed by atoms with Crippen molar-refractivity contribution >= 4 is 0 Å². The molecule has 1 rings (SSSR count). The predicted molar refractivity (Wildman–Crippen MR) is 56.7 cm³/mol. The zero-order valence-corrected chi connectivity index (χ0v) is 9.24. The van der Waals surface area contributed by atoms with Crippen LogP contribution in [0, 0.1) is 0 Å². The molecule has 0 bridgehead atoms. The van der Waals surface area contributed by atoms with Crippen molar-refractivity contribution < 1.29 is 23.4 Å². The Hall–Kier alpha value is -1.38. The Morgan fingerprint density at radius 2 is 2.00 bits per heavy atom. The van der Waals surface area contributed by atoms with Crippen LogP contribution in [0.5, 0.6) is 0 Å². The maximum Gasteiger partial charge on any atom is 0.417 e. The van der Waals surface area contributed by atoms with E-state index < -0.39 is 35.1 Å². The van der Waals surface area contributed by atoms with Crippen molar-refractivity contribution in [2.75, 3.05) is 6.54 Å². The number of halogens is 3. The first-order valence-electron chi connectivity index (χ1n) is 5.13. The number of pyridine rings is 1. The third kappa shape index (κ3) is 3.31. The monoisotopic (exact) mass is 266 g/mol. The van der Waals surface area contributed by atoms with Crippen molar-refractivity contribution in [2.45, 2.75) is 24.8 Å². The number of aliphatic hydroxyl groups excluding tert-OH is 2. The van der Waals surface area contributed by atoms with Gasteiger partial charge in [0.2, 0.25) is 0 Å². The molecule has 102 valence electrons. The molecule has 18 heavy (non-hydrogen) atoms. The molecule has 0 saturated carbocycles. The number of hydrogen-bond donors (Lipinski definition) is 4. The van der Waals surface area contributed by atoms with Gasteiger partial charge in [0.05, 0.1) is 11.7 Å². The second-order valence-electron chi connectivity index (χ2n) is 3.76. The first-order valence-corrected chi connectivity index (χ1v) is 5.13. The third-order valence-electron chi connectivity index (χ3n) is 2.40. The summed E-state index contributed by atoms with van der Waals surface area (Å²) in [5.74, 6) is 0. The van der Waals surface area contributed by atoms with Crippen molar-refractivity contribution in [1.29, 1.82) is 0 Å². The number of nitrogens with two attached hydrogens (primary N) is 1. The molecule has 0 aliphatic carbocycles. The molecule has 0 aliphatic rings. The number of alkyl halides is 3. The minimum absolute atomic E-state index is 0.0309. The van der Waals surface area contributed by atoms with Crippen molar-refractivity contribution in [3.8, 4) is 0 Å². The van der Waals surface area contributed by atoms with Crippen LogP contribution in [0.4, 0.5) is 13.2 Å². The van der Waals surface area contributed by atoms with Crippen molar-refractivity contribution in [3.05, 3.63) is 33.7 Å². The molecule has 0 radical (unpaired) electrons. The van der Waals surface area contributed by atoms with E-state index in [1.54, 1.807) is 0 Å². The Morgan fingerprint density at radius 3 is 2.50 bits per heavy atom. The lowest BCUT2D eigenvalue weighted by molar-refractivity contribution is -0.138. The molecular weight excluding hydrogens is 253 g/mol. The highest BCUT2D eigenvalue weighted by molar-refractivity contribution is 5.23. The summed E-state index contributed by atoms with van der Waals surface area (Å²) in [6.07, 6.45) is -7.26. The summed E-state index contributed by atoms with van der Waals surface area (Å²) in [6.45, 7) is 0.0368. The van der Waals surface area contributed by atoms with Gasteiger partial charge in [-0.15, -0.1) is 0 Å². The lowest BCUT2D eigenvalue weighted by atomic mass is 10.0. The smallest absolute Gasteiger partial charge is 0.390 e. The maximum absolute atomic E-state index is 12.4. The van der Waals surface area contributed by atoms with E-state index in [-0.39, 0.29) is 13.0 Å². The standard InChI is InChI=1S/C10H13F3N2O3/c11-10(12,13)5-3-6(9(18)15-4-5)8(17)7(16)1-2-14/h3-4,7-8,16-17H,1-2,14H2,(H,15,18). The van der Waals surface area contributed by atoms with Crippen LogP contribution in [0.25, 0.3) is 0 Å². The molecule has 1 aromatic rings. The molecule has 5 nitrogen and oxygen atoms in total. The topological polar surface area (TPSA) is 99.3 Å². The van der Waals surface area contributed by atoms with E-state index in [0.717, 1.165) is 0 Å². The number of hydrogen-bond acceptors (Lipinski definition) is 4. The minimum Gasteiger partial charge on any atom is -0.390 e. The van der Waals surface area contributed by atoms with E-state index in [0.29, 0.717) is 12.3 Å². The molecule has 0 amide bonds. The zero-order valence-electron chi connectivity index (χ0n) is 9.24. The number of nitrogens with one attached hydrogen (secondary N) is 1. The van der Waals surface area contributed by atoms with Crippen molar-refractivity contribution in [1.82, 2.24) is 4.98 Å². The Labute approximate surface area is 100 Å². The lowest BCUT2D eigenvalue weighted by Gasteiger charge is -2.17. The molecule has 0 saturated heterocycles. The van der Waals surface area contributed by atoms with Gasteiger partial charge < -0.3 is 20.9 Å². The van der Waals surface area contributed by atoms with Crippen LogP contribution in [0.2, 0.25) is 0 Å². The normalized spacial score (nSPS) is 15.4. The van der Waals surface area contributed by atoms with Crippen LogP contribution >= 0.6 is 0 Å². The molecule has 0 aromatic carbocycles. The van der Waals surface area contributed by atoms with E-state index in [4.69, 9.17) is 5.73 Å². The second kappa shape index (κ2) is 5.51. The van der Waals surface area contributed by atoms with Gasteiger partial charge in [-0.3, -0.25) is 4.79 Å². The maximum atomic E-state index is 12.4. The predicted octanol–water partition coefficient (Wildman–Crippen LogP) is 0.137. The first kappa shape index (κ1) is 14.7. The zero-order chi connectivity index (χ0) is 13.9. The van der Waals surface area contributed by atoms with E-state index in [2.05, 4.69) is 0 Å². The number of aromatic nitrogens is 1. The fraction of sp³-hybridized carbons (Fsp3) is 0.500. The fourth-order valence-corrected chi connectivity index (χ4v) is 1.42. The van der Waals surface area contributed by atoms with E-state index in [9.17, 15) is 28.2 Å². The van der Waals surface area contributed by atoms with Crippen LogP contribution in [0.1, 0.15) is 23.7 Å². The van der Waals surface area contributed by atoms with Gasteiger partial charge in [-0.1, -0.05) is 0 Å². The summed E-state index contributed by atoms with van der Waals surface area (Å²) in [5.41, 5.74) is 2.63. The van der Waals surface area contributed by atoms with Gasteiger partial charge in [-0.25, -0.2) is 0 Å². The van der Waals surface area contributed by atoms with Crippen LogP contribution in [-0.2, 0) is 6.18 Å². The highest BCUT2D eigenvalue weighted by Gasteiger charge is 2.32. The van der Waals surface area contributed by atoms with E-state index in [1.807, 2.05) is 4.98 Å². The number of aromatic amines is 1. The molecule has 1 heterocycles. The Morgan fingerprint density at radius 1 is 1.39 bits per heavy atom. The molecule has 0 spiro atoms. The first-order chi connectivity index (χ1) is 8.27. The molecule has 2 atom stereocenters. The van der Waals surface area contributed by atoms with Gasteiger partial charge in [0, 0.05) is 11.8 Å². The Balaban J connectivity index is 3.12. The molecule has 2 unspecified atom stereocenters. The minimum atomic E-state index is -4.64. The van der Waals surface area contributed by atoms with Crippen LogP contribution in [-0.4, -0.2) is 27.8 Å². The summed E-state index contributed by atoms with van der Waals surface area (Å²) in [6, 6.07) is 0.517. The number of H-pyrrole nitrogens is 1. The SMILES string of the molecule is NCCC(O)C(O)c1cc(C(F)(F)F)c[nH]c1=O. The summed E-state index contributed by atoms with van der Waals surface area (Å²) in [7, 11) is 0. The highest BCUT2D eigenvalue weighted by atomic mass is 19.4. The number of aliphatic hydroxyl groups is 2. The lowest BCUT2D eigenvalue weighted by Crippen LogP contribution is -2.28. The number of rotatable bonds is 4. The van der Waals surface area contributed by atoms with Gasteiger partial charge >= 0.3 is 6.18 Å².